The Bertz CT molecular complexity index is 431. The molecule has 0 rings (SSSR count). The summed E-state index contributed by atoms with van der Waals surface area (Å²) < 4.78 is 7.23. The summed E-state index contributed by atoms with van der Waals surface area (Å²) in [6, 6.07) is 0. The molecule has 4 unspecified atom stereocenters. The number of rotatable bonds is 34. The Morgan fingerprint density at radius 1 is 0.293 bits per heavy atom. The Balaban J connectivity index is 4.87. The molecular weight excluding hydrogens is 496 g/mol. The van der Waals surface area contributed by atoms with Gasteiger partial charge < -0.3 is 4.74 Å². The summed E-state index contributed by atoms with van der Waals surface area (Å²) in [7, 11) is 0. The van der Waals surface area contributed by atoms with Crippen molar-refractivity contribution >= 4 is 0 Å². The van der Waals surface area contributed by atoms with Gasteiger partial charge in [-0.2, -0.15) is 0 Å². The van der Waals surface area contributed by atoms with E-state index in [9.17, 15) is 0 Å². The van der Waals surface area contributed by atoms with E-state index in [0.29, 0.717) is 24.0 Å². The molecule has 0 aromatic carbocycles. The quantitative estimate of drug-likeness (QED) is 0.0690. The van der Waals surface area contributed by atoms with Crippen molar-refractivity contribution in [1.82, 2.24) is 0 Å². The number of unbranched alkanes of at least 4 members (excludes halogenated alkanes) is 22. The van der Waals surface area contributed by atoms with Gasteiger partial charge in [0.25, 0.3) is 0 Å². The van der Waals surface area contributed by atoms with E-state index in [2.05, 4.69) is 41.5 Å². The zero-order valence-corrected chi connectivity index (χ0v) is 29.9. The molecule has 0 saturated heterocycles. The summed E-state index contributed by atoms with van der Waals surface area (Å²) in [5, 5.41) is 0. The highest BCUT2D eigenvalue weighted by atomic mass is 16.5. The van der Waals surface area contributed by atoms with Crippen LogP contribution in [0.4, 0.5) is 0 Å². The van der Waals surface area contributed by atoms with E-state index in [1.54, 1.807) is 0 Å². The van der Waals surface area contributed by atoms with Gasteiger partial charge in [0.2, 0.25) is 0 Å². The van der Waals surface area contributed by atoms with Gasteiger partial charge in [-0.1, -0.05) is 208 Å². The van der Waals surface area contributed by atoms with Gasteiger partial charge in [-0.3, -0.25) is 0 Å². The van der Waals surface area contributed by atoms with Crippen LogP contribution in [0.25, 0.3) is 0 Å². The second-order valence-electron chi connectivity index (χ2n) is 14.1. The topological polar surface area (TPSA) is 9.23 Å². The van der Waals surface area contributed by atoms with Gasteiger partial charge in [-0.15, -0.1) is 0 Å². The SMILES string of the molecule is CCCCCCCCCCCC(OC(CCCCCCCCCCC)C(C)CCCCCC)C(C)CCCCCC. The van der Waals surface area contributed by atoms with Crippen LogP contribution in [0.1, 0.15) is 234 Å². The molecular formula is C40H82O. The third-order valence-electron chi connectivity index (χ3n) is 9.83. The minimum absolute atomic E-state index is 0.475. The summed E-state index contributed by atoms with van der Waals surface area (Å²) in [5.74, 6) is 1.41. The summed E-state index contributed by atoms with van der Waals surface area (Å²) in [6.07, 6.45) is 42.9. The number of hydrogen-bond donors (Lipinski definition) is 0. The minimum Gasteiger partial charge on any atom is -0.374 e. The van der Waals surface area contributed by atoms with Crippen molar-refractivity contribution in [3.63, 3.8) is 0 Å². The molecule has 0 radical (unpaired) electrons. The first-order chi connectivity index (χ1) is 20.1. The fourth-order valence-electron chi connectivity index (χ4n) is 6.67. The van der Waals surface area contributed by atoms with Crippen LogP contribution in [0, 0.1) is 11.8 Å². The molecule has 1 nitrogen and oxygen atoms in total. The monoisotopic (exact) mass is 579 g/mol. The van der Waals surface area contributed by atoms with E-state index in [1.807, 2.05) is 0 Å². The summed E-state index contributed by atoms with van der Waals surface area (Å²) in [4.78, 5) is 0. The van der Waals surface area contributed by atoms with E-state index in [1.165, 1.54) is 193 Å². The zero-order valence-electron chi connectivity index (χ0n) is 29.9. The van der Waals surface area contributed by atoms with Crippen molar-refractivity contribution in [1.29, 1.82) is 0 Å². The first-order valence-electron chi connectivity index (χ1n) is 19.8. The fraction of sp³-hybridized carbons (Fsp3) is 1.00. The summed E-state index contributed by atoms with van der Waals surface area (Å²) in [6.45, 7) is 14.3. The van der Waals surface area contributed by atoms with Crippen molar-refractivity contribution < 1.29 is 4.74 Å². The van der Waals surface area contributed by atoms with E-state index in [4.69, 9.17) is 4.74 Å². The Hall–Kier alpha value is -0.0400. The minimum atomic E-state index is 0.475. The lowest BCUT2D eigenvalue weighted by molar-refractivity contribution is -0.0745. The van der Waals surface area contributed by atoms with Gasteiger partial charge in [0.05, 0.1) is 12.2 Å². The summed E-state index contributed by atoms with van der Waals surface area (Å²) >= 11 is 0. The molecule has 0 saturated carbocycles. The van der Waals surface area contributed by atoms with Crippen molar-refractivity contribution in [3.05, 3.63) is 0 Å². The molecule has 0 aromatic heterocycles. The Labute approximate surface area is 262 Å². The maximum Gasteiger partial charge on any atom is 0.0604 e. The van der Waals surface area contributed by atoms with Gasteiger partial charge in [-0.05, 0) is 37.5 Å². The van der Waals surface area contributed by atoms with Crippen LogP contribution in [-0.4, -0.2) is 12.2 Å². The first kappa shape index (κ1) is 41.0. The first-order valence-corrected chi connectivity index (χ1v) is 19.8. The molecule has 0 fully saturated rings. The van der Waals surface area contributed by atoms with Crippen molar-refractivity contribution in [3.8, 4) is 0 Å². The third-order valence-corrected chi connectivity index (χ3v) is 9.83. The Morgan fingerprint density at radius 2 is 0.512 bits per heavy atom. The van der Waals surface area contributed by atoms with Crippen LogP contribution in [-0.2, 0) is 4.74 Å². The molecule has 0 amide bonds. The van der Waals surface area contributed by atoms with Crippen molar-refractivity contribution in [2.24, 2.45) is 11.8 Å². The van der Waals surface area contributed by atoms with E-state index >= 15 is 0 Å². The predicted octanol–water partition coefficient (Wildman–Crippen LogP) is 14.8. The third kappa shape index (κ3) is 27.3. The molecule has 1 heteroatoms. The maximum atomic E-state index is 7.23. The normalized spacial score (nSPS) is 14.8. The van der Waals surface area contributed by atoms with Crippen LogP contribution >= 0.6 is 0 Å². The van der Waals surface area contributed by atoms with Crippen LogP contribution in [0.2, 0.25) is 0 Å². The number of ether oxygens (including phenoxy) is 1. The highest BCUT2D eigenvalue weighted by molar-refractivity contribution is 4.74. The molecule has 0 N–H and O–H groups in total. The lowest BCUT2D eigenvalue weighted by atomic mass is 9.90. The standard InChI is InChI=1S/C40H82O/c1-7-11-15-19-21-23-25-27-31-35-39(37(5)33-29-17-13-9-3)41-40(38(6)34-30-18-14-10-4)36-32-28-26-24-22-20-16-12-8-2/h37-40H,7-36H2,1-6H3. The van der Waals surface area contributed by atoms with Crippen molar-refractivity contribution in [2.45, 2.75) is 246 Å². The van der Waals surface area contributed by atoms with Crippen molar-refractivity contribution in [2.75, 3.05) is 0 Å². The Morgan fingerprint density at radius 3 is 0.805 bits per heavy atom. The largest absolute Gasteiger partial charge is 0.374 e. The Kier molecular flexibility index (Phi) is 32.8. The molecule has 0 aliphatic heterocycles. The fourth-order valence-corrected chi connectivity index (χ4v) is 6.67. The lowest BCUT2D eigenvalue weighted by Crippen LogP contribution is -2.32. The molecule has 248 valence electrons. The molecule has 41 heavy (non-hydrogen) atoms. The van der Waals surface area contributed by atoms with E-state index in [0.717, 1.165) is 0 Å². The van der Waals surface area contributed by atoms with Crippen LogP contribution in [0.15, 0.2) is 0 Å². The van der Waals surface area contributed by atoms with Crippen LogP contribution in [0.3, 0.4) is 0 Å². The molecule has 0 aliphatic rings. The average molecular weight is 579 g/mol. The lowest BCUT2D eigenvalue weighted by Gasteiger charge is -2.33. The van der Waals surface area contributed by atoms with Gasteiger partial charge in [0, 0.05) is 0 Å². The van der Waals surface area contributed by atoms with Crippen LogP contribution < -0.4 is 0 Å². The van der Waals surface area contributed by atoms with E-state index < -0.39 is 0 Å². The highest BCUT2D eigenvalue weighted by Crippen LogP contribution is 2.29. The van der Waals surface area contributed by atoms with E-state index in [-0.39, 0.29) is 0 Å². The zero-order chi connectivity index (χ0) is 30.2. The van der Waals surface area contributed by atoms with Gasteiger partial charge in [0.1, 0.15) is 0 Å². The van der Waals surface area contributed by atoms with Gasteiger partial charge >= 0.3 is 0 Å². The molecule has 0 aromatic rings. The molecule has 0 aliphatic carbocycles. The van der Waals surface area contributed by atoms with Crippen LogP contribution in [0.5, 0.6) is 0 Å². The molecule has 0 spiro atoms. The highest BCUT2D eigenvalue weighted by Gasteiger charge is 2.25. The molecule has 0 heterocycles. The molecule has 0 bridgehead atoms. The van der Waals surface area contributed by atoms with Gasteiger partial charge in [-0.25, -0.2) is 0 Å². The van der Waals surface area contributed by atoms with Gasteiger partial charge in [0.15, 0.2) is 0 Å². The number of hydrogen-bond acceptors (Lipinski definition) is 1. The average Bonchev–Trinajstić information content (AvgIpc) is 2.98. The second-order valence-corrected chi connectivity index (χ2v) is 14.1. The predicted molar refractivity (Wildman–Crippen MR) is 188 cm³/mol. The smallest absolute Gasteiger partial charge is 0.0604 e. The maximum absolute atomic E-state index is 7.23. The second kappa shape index (κ2) is 32.9. The molecule has 4 atom stereocenters. The summed E-state index contributed by atoms with van der Waals surface area (Å²) in [5.41, 5.74) is 0.